The molecule has 1 amide bonds. The third-order valence-electron chi connectivity index (χ3n) is 4.98. The second-order valence-corrected chi connectivity index (χ2v) is 6.78. The largest absolute Gasteiger partial charge is 0.359 e. The Morgan fingerprint density at radius 1 is 1.19 bits per heavy atom. The van der Waals surface area contributed by atoms with Crippen LogP contribution in [0.3, 0.4) is 0 Å². The molecule has 0 aliphatic heterocycles. The van der Waals surface area contributed by atoms with E-state index in [-0.39, 0.29) is 5.91 Å². The van der Waals surface area contributed by atoms with E-state index < -0.39 is 0 Å². The number of aryl methyl sites for hydroxylation is 1. The maximum atomic E-state index is 12.6. The molecule has 0 radical (unpaired) electrons. The molecule has 1 atom stereocenters. The molecule has 132 valence electrons. The van der Waals surface area contributed by atoms with Gasteiger partial charge >= 0.3 is 0 Å². The van der Waals surface area contributed by atoms with Crippen LogP contribution in [-0.2, 0) is 17.8 Å². The molecular weight excluding hydrogens is 326 g/mol. The minimum atomic E-state index is 0.127. The highest BCUT2D eigenvalue weighted by Gasteiger charge is 2.25. The normalized spacial score (nSPS) is 15.7. The lowest BCUT2D eigenvalue weighted by atomic mass is 9.97. The Balaban J connectivity index is 1.39. The molecule has 0 bridgehead atoms. The summed E-state index contributed by atoms with van der Waals surface area (Å²) in [5.74, 6) is 1.11. The van der Waals surface area contributed by atoms with Crippen molar-refractivity contribution in [1.29, 1.82) is 0 Å². The monoisotopic (exact) mass is 347 g/mol. The molecular formula is C21H21N3O2. The Hall–Kier alpha value is -2.95. The fourth-order valence-corrected chi connectivity index (χ4v) is 3.57. The fraction of sp³-hybridized carbons (Fsp3) is 0.286. The van der Waals surface area contributed by atoms with Crippen molar-refractivity contribution in [3.63, 3.8) is 0 Å². The summed E-state index contributed by atoms with van der Waals surface area (Å²) in [6, 6.07) is 15.9. The van der Waals surface area contributed by atoms with Crippen LogP contribution in [0, 0.1) is 0 Å². The second kappa shape index (κ2) is 7.12. The zero-order valence-corrected chi connectivity index (χ0v) is 14.8. The van der Waals surface area contributed by atoms with Crippen molar-refractivity contribution in [2.75, 3.05) is 7.05 Å². The maximum absolute atomic E-state index is 12.6. The van der Waals surface area contributed by atoms with Gasteiger partial charge in [-0.1, -0.05) is 35.5 Å². The SMILES string of the molecule is CN(Cc1cc(-c2ccccn2)no1)C(=O)CC1CCc2ccccc21. The molecule has 1 aromatic carbocycles. The van der Waals surface area contributed by atoms with Crippen molar-refractivity contribution in [3.8, 4) is 11.4 Å². The molecule has 0 saturated heterocycles. The van der Waals surface area contributed by atoms with Gasteiger partial charge in [-0.15, -0.1) is 0 Å². The number of nitrogens with zero attached hydrogens (tertiary/aromatic N) is 3. The summed E-state index contributed by atoms with van der Waals surface area (Å²) >= 11 is 0. The van der Waals surface area contributed by atoms with E-state index in [4.69, 9.17) is 4.52 Å². The Kier molecular flexibility index (Phi) is 4.52. The van der Waals surface area contributed by atoms with Crippen LogP contribution in [0.4, 0.5) is 0 Å². The fourth-order valence-electron chi connectivity index (χ4n) is 3.57. The molecule has 5 nitrogen and oxygen atoms in total. The van der Waals surface area contributed by atoms with Crippen LogP contribution in [0.1, 0.15) is 35.6 Å². The molecule has 26 heavy (non-hydrogen) atoms. The maximum Gasteiger partial charge on any atom is 0.223 e. The molecule has 0 saturated carbocycles. The third-order valence-corrected chi connectivity index (χ3v) is 4.98. The first-order chi connectivity index (χ1) is 12.7. The van der Waals surface area contributed by atoms with Crippen molar-refractivity contribution in [2.45, 2.75) is 31.7 Å². The van der Waals surface area contributed by atoms with Crippen molar-refractivity contribution < 1.29 is 9.32 Å². The average molecular weight is 347 g/mol. The average Bonchev–Trinajstić information content (AvgIpc) is 3.30. The Morgan fingerprint density at radius 3 is 2.88 bits per heavy atom. The number of carbonyl (C=O) groups is 1. The van der Waals surface area contributed by atoms with Crippen LogP contribution < -0.4 is 0 Å². The number of aromatic nitrogens is 2. The lowest BCUT2D eigenvalue weighted by molar-refractivity contribution is -0.131. The van der Waals surface area contributed by atoms with E-state index in [9.17, 15) is 4.79 Å². The summed E-state index contributed by atoms with van der Waals surface area (Å²) in [4.78, 5) is 18.6. The third kappa shape index (κ3) is 3.38. The van der Waals surface area contributed by atoms with Crippen LogP contribution in [0.2, 0.25) is 0 Å². The minimum absolute atomic E-state index is 0.127. The van der Waals surface area contributed by atoms with Crippen LogP contribution in [0.15, 0.2) is 59.3 Å². The lowest BCUT2D eigenvalue weighted by Crippen LogP contribution is -2.27. The molecule has 2 heterocycles. The first-order valence-electron chi connectivity index (χ1n) is 8.89. The minimum Gasteiger partial charge on any atom is -0.359 e. The summed E-state index contributed by atoms with van der Waals surface area (Å²) in [6.45, 7) is 0.410. The van der Waals surface area contributed by atoms with E-state index >= 15 is 0 Å². The number of pyridine rings is 1. The summed E-state index contributed by atoms with van der Waals surface area (Å²) in [5, 5.41) is 4.06. The number of fused-ring (bicyclic) bond motifs is 1. The van der Waals surface area contributed by atoms with Gasteiger partial charge in [-0.3, -0.25) is 9.78 Å². The van der Waals surface area contributed by atoms with Gasteiger partial charge in [-0.05, 0) is 42.0 Å². The summed E-state index contributed by atoms with van der Waals surface area (Å²) in [6.07, 6.45) is 4.37. The smallest absolute Gasteiger partial charge is 0.223 e. The van der Waals surface area contributed by atoms with Crippen LogP contribution in [-0.4, -0.2) is 28.0 Å². The van der Waals surface area contributed by atoms with E-state index in [0.717, 1.165) is 18.5 Å². The van der Waals surface area contributed by atoms with Gasteiger partial charge in [0.15, 0.2) is 5.76 Å². The van der Waals surface area contributed by atoms with Gasteiger partial charge in [0.05, 0.1) is 12.2 Å². The molecule has 1 aliphatic carbocycles. The van der Waals surface area contributed by atoms with E-state index in [2.05, 4.69) is 34.4 Å². The molecule has 5 heteroatoms. The first-order valence-corrected chi connectivity index (χ1v) is 8.89. The first kappa shape index (κ1) is 16.5. The van der Waals surface area contributed by atoms with Crippen LogP contribution >= 0.6 is 0 Å². The van der Waals surface area contributed by atoms with Crippen LogP contribution in [0.5, 0.6) is 0 Å². The topological polar surface area (TPSA) is 59.2 Å². The molecule has 0 fully saturated rings. The van der Waals surface area contributed by atoms with Crippen molar-refractivity contribution >= 4 is 5.91 Å². The van der Waals surface area contributed by atoms with Gasteiger partial charge in [-0.25, -0.2) is 0 Å². The Bertz CT molecular complexity index is 904. The molecule has 2 aromatic heterocycles. The Morgan fingerprint density at radius 2 is 2.04 bits per heavy atom. The van der Waals surface area contributed by atoms with Gasteiger partial charge in [-0.2, -0.15) is 0 Å². The molecule has 1 aliphatic rings. The summed E-state index contributed by atoms with van der Waals surface area (Å²) in [7, 11) is 1.81. The number of carbonyl (C=O) groups excluding carboxylic acids is 1. The molecule has 1 unspecified atom stereocenters. The lowest BCUT2D eigenvalue weighted by Gasteiger charge is -2.18. The van der Waals surface area contributed by atoms with E-state index in [1.165, 1.54) is 11.1 Å². The van der Waals surface area contributed by atoms with Gasteiger partial charge < -0.3 is 9.42 Å². The highest BCUT2D eigenvalue weighted by molar-refractivity contribution is 5.77. The molecule has 0 N–H and O–H groups in total. The number of rotatable bonds is 5. The zero-order valence-electron chi connectivity index (χ0n) is 14.8. The highest BCUT2D eigenvalue weighted by atomic mass is 16.5. The summed E-state index contributed by atoms with van der Waals surface area (Å²) in [5.41, 5.74) is 4.15. The number of benzene rings is 1. The van der Waals surface area contributed by atoms with E-state index in [1.54, 1.807) is 11.1 Å². The van der Waals surface area contributed by atoms with Crippen molar-refractivity contribution in [3.05, 3.63) is 71.6 Å². The van der Waals surface area contributed by atoms with Crippen molar-refractivity contribution in [1.82, 2.24) is 15.0 Å². The highest BCUT2D eigenvalue weighted by Crippen LogP contribution is 2.35. The predicted octanol–water partition coefficient (Wildman–Crippen LogP) is 3.82. The Labute approximate surface area is 152 Å². The van der Waals surface area contributed by atoms with Gasteiger partial charge in [0, 0.05) is 25.7 Å². The van der Waals surface area contributed by atoms with Gasteiger partial charge in [0.1, 0.15) is 5.69 Å². The van der Waals surface area contributed by atoms with Gasteiger partial charge in [0.25, 0.3) is 0 Å². The predicted molar refractivity (Wildman–Crippen MR) is 98.3 cm³/mol. The quantitative estimate of drug-likeness (QED) is 0.704. The number of amides is 1. The van der Waals surface area contributed by atoms with E-state index in [1.807, 2.05) is 31.3 Å². The zero-order chi connectivity index (χ0) is 17.9. The standard InChI is InChI=1S/C21H21N3O2/c1-24(14-17-13-20(23-26-17)19-8-4-5-11-22-19)21(25)12-16-10-9-15-6-2-3-7-18(15)16/h2-8,11,13,16H,9-10,12,14H2,1H3. The number of hydrogen-bond donors (Lipinski definition) is 0. The van der Waals surface area contributed by atoms with E-state index in [0.29, 0.717) is 30.3 Å². The molecule has 4 rings (SSSR count). The molecule has 0 spiro atoms. The second-order valence-electron chi connectivity index (χ2n) is 6.78. The summed E-state index contributed by atoms with van der Waals surface area (Å²) < 4.78 is 5.38. The molecule has 3 aromatic rings. The van der Waals surface area contributed by atoms with Crippen molar-refractivity contribution in [2.24, 2.45) is 0 Å². The number of hydrogen-bond acceptors (Lipinski definition) is 4. The van der Waals surface area contributed by atoms with Crippen LogP contribution in [0.25, 0.3) is 11.4 Å². The van der Waals surface area contributed by atoms with Gasteiger partial charge in [0.2, 0.25) is 5.91 Å².